The van der Waals surface area contributed by atoms with Crippen LogP contribution < -0.4 is 0 Å². The maximum Gasteiger partial charge on any atom is 0.306 e. The fourth-order valence-corrected chi connectivity index (χ4v) is 2.93. The molecule has 0 amide bonds. The van der Waals surface area contributed by atoms with Crippen LogP contribution in [0.2, 0.25) is 0 Å². The second-order valence-corrected chi connectivity index (χ2v) is 5.65. The number of aromatic hydroxyl groups is 1. The molecule has 0 saturated heterocycles. The van der Waals surface area contributed by atoms with Crippen molar-refractivity contribution >= 4 is 5.97 Å². The van der Waals surface area contributed by atoms with E-state index in [1.54, 1.807) is 12.1 Å². The van der Waals surface area contributed by atoms with E-state index in [0.717, 1.165) is 18.4 Å². The van der Waals surface area contributed by atoms with Crippen molar-refractivity contribution in [1.29, 1.82) is 0 Å². The van der Waals surface area contributed by atoms with E-state index in [9.17, 15) is 9.90 Å². The molecular weight excluding hydrogens is 264 g/mol. The van der Waals surface area contributed by atoms with Gasteiger partial charge in [-0.2, -0.15) is 0 Å². The Morgan fingerprint density at radius 1 is 1.33 bits per heavy atom. The normalized spacial score (nSPS) is 20.4. The summed E-state index contributed by atoms with van der Waals surface area (Å²) in [5.41, 5.74) is 2.48. The summed E-state index contributed by atoms with van der Waals surface area (Å²) in [4.78, 5) is 11.9. The maximum absolute atomic E-state index is 11.9. The van der Waals surface area contributed by atoms with Gasteiger partial charge >= 0.3 is 5.97 Å². The highest BCUT2D eigenvalue weighted by molar-refractivity contribution is 5.70. The Morgan fingerprint density at radius 3 is 2.81 bits per heavy atom. The highest BCUT2D eigenvalue weighted by atomic mass is 16.5. The molecule has 0 aromatic heterocycles. The van der Waals surface area contributed by atoms with Crippen LogP contribution in [-0.2, 0) is 16.0 Å². The fraction of sp³-hybridized carbons (Fsp3) is 0.500. The van der Waals surface area contributed by atoms with Gasteiger partial charge in [-0.25, -0.2) is 0 Å². The average molecular weight is 288 g/mol. The number of allylic oxidation sites excluding steroid dienone is 2. The quantitative estimate of drug-likeness (QED) is 0.658. The summed E-state index contributed by atoms with van der Waals surface area (Å²) in [5, 5.41) is 9.21. The Morgan fingerprint density at radius 2 is 2.10 bits per heavy atom. The third-order valence-electron chi connectivity index (χ3n) is 4.17. The summed E-state index contributed by atoms with van der Waals surface area (Å²) in [6, 6.07) is 7.00. The van der Waals surface area contributed by atoms with Gasteiger partial charge in [0, 0.05) is 6.42 Å². The van der Waals surface area contributed by atoms with Crippen LogP contribution in [0.4, 0.5) is 0 Å². The molecule has 0 bridgehead atoms. The second-order valence-electron chi connectivity index (χ2n) is 5.65. The van der Waals surface area contributed by atoms with E-state index in [1.165, 1.54) is 18.4 Å². The Kier molecular flexibility index (Phi) is 5.85. The molecule has 1 aromatic carbocycles. The molecule has 1 saturated carbocycles. The second kappa shape index (κ2) is 7.87. The first kappa shape index (κ1) is 15.6. The molecule has 0 spiro atoms. The number of benzene rings is 1. The van der Waals surface area contributed by atoms with E-state index in [2.05, 4.69) is 13.0 Å². The van der Waals surface area contributed by atoms with Crippen molar-refractivity contribution in [2.75, 3.05) is 6.61 Å². The zero-order valence-corrected chi connectivity index (χ0v) is 12.7. The topological polar surface area (TPSA) is 46.5 Å². The van der Waals surface area contributed by atoms with E-state index in [-0.39, 0.29) is 11.7 Å². The molecule has 1 aromatic rings. The number of phenolic OH excluding ortho intramolecular Hbond substituents is 1. The van der Waals surface area contributed by atoms with Crippen LogP contribution in [0.15, 0.2) is 35.9 Å². The van der Waals surface area contributed by atoms with E-state index < -0.39 is 0 Å². The highest BCUT2D eigenvalue weighted by Gasteiger charge is 2.21. The van der Waals surface area contributed by atoms with Crippen molar-refractivity contribution in [2.24, 2.45) is 5.92 Å². The minimum absolute atomic E-state index is 0.0972. The molecule has 1 unspecified atom stereocenters. The largest absolute Gasteiger partial charge is 0.508 e. The van der Waals surface area contributed by atoms with Crippen LogP contribution in [0.5, 0.6) is 5.75 Å². The van der Waals surface area contributed by atoms with Crippen molar-refractivity contribution in [1.82, 2.24) is 0 Å². The van der Waals surface area contributed by atoms with Gasteiger partial charge < -0.3 is 9.84 Å². The lowest BCUT2D eigenvalue weighted by molar-refractivity contribution is -0.144. The predicted molar refractivity (Wildman–Crippen MR) is 83.1 cm³/mol. The first-order valence-electron chi connectivity index (χ1n) is 7.77. The summed E-state index contributed by atoms with van der Waals surface area (Å²) >= 11 is 0. The van der Waals surface area contributed by atoms with Crippen LogP contribution in [0.25, 0.3) is 0 Å². The third-order valence-corrected chi connectivity index (χ3v) is 4.17. The van der Waals surface area contributed by atoms with E-state index in [1.807, 2.05) is 12.1 Å². The molecule has 2 rings (SSSR count). The van der Waals surface area contributed by atoms with Gasteiger partial charge in [-0.3, -0.25) is 4.79 Å². The smallest absolute Gasteiger partial charge is 0.306 e. The number of carbonyl (C=O) groups is 1. The number of ether oxygens (including phenoxy) is 1. The van der Waals surface area contributed by atoms with E-state index >= 15 is 0 Å². The van der Waals surface area contributed by atoms with Gasteiger partial charge in [-0.05, 0) is 49.8 Å². The van der Waals surface area contributed by atoms with Crippen LogP contribution in [-0.4, -0.2) is 17.7 Å². The van der Waals surface area contributed by atoms with Gasteiger partial charge in [0.15, 0.2) is 0 Å². The molecule has 1 aliphatic carbocycles. The molecule has 0 aliphatic heterocycles. The van der Waals surface area contributed by atoms with Crippen LogP contribution >= 0.6 is 0 Å². The molecule has 21 heavy (non-hydrogen) atoms. The zero-order valence-electron chi connectivity index (χ0n) is 12.7. The number of hydrogen-bond acceptors (Lipinski definition) is 3. The monoisotopic (exact) mass is 288 g/mol. The maximum atomic E-state index is 11.9. The summed E-state index contributed by atoms with van der Waals surface area (Å²) in [6.45, 7) is 2.46. The standard InChI is InChI=1S/C18H24O3/c1-2-15-5-3-4-6-16(15)13-18(20)21-12-11-14-7-9-17(19)10-8-14/h2,7-10,16,19H,3-6,11-13H2,1H3/b15-2-. The van der Waals surface area contributed by atoms with Crippen LogP contribution in [0.1, 0.15) is 44.6 Å². The predicted octanol–water partition coefficient (Wildman–Crippen LogP) is 4.00. The molecule has 3 heteroatoms. The summed E-state index contributed by atoms with van der Waals surface area (Å²) in [7, 11) is 0. The van der Waals surface area contributed by atoms with Crippen molar-refractivity contribution in [3.8, 4) is 5.75 Å². The number of carbonyl (C=O) groups excluding carboxylic acids is 1. The number of phenols is 1. The van der Waals surface area contributed by atoms with Crippen molar-refractivity contribution in [2.45, 2.75) is 45.4 Å². The SMILES string of the molecule is C/C=C1/CCCCC1CC(=O)OCCc1ccc(O)cc1. The third kappa shape index (κ3) is 4.92. The van der Waals surface area contributed by atoms with Gasteiger partial charge in [0.2, 0.25) is 0 Å². The van der Waals surface area contributed by atoms with Crippen LogP contribution in [0, 0.1) is 5.92 Å². The van der Waals surface area contributed by atoms with E-state index in [0.29, 0.717) is 25.4 Å². The highest BCUT2D eigenvalue weighted by Crippen LogP contribution is 2.31. The summed E-state index contributed by atoms with van der Waals surface area (Å²) in [6.07, 6.45) is 8.04. The molecule has 1 fully saturated rings. The van der Waals surface area contributed by atoms with Crippen molar-refractivity contribution in [3.63, 3.8) is 0 Å². The number of esters is 1. The number of hydrogen-bond donors (Lipinski definition) is 1. The first-order chi connectivity index (χ1) is 10.2. The minimum Gasteiger partial charge on any atom is -0.508 e. The number of rotatable bonds is 5. The zero-order chi connectivity index (χ0) is 15.1. The Balaban J connectivity index is 1.73. The molecule has 0 radical (unpaired) electrons. The lowest BCUT2D eigenvalue weighted by atomic mass is 9.82. The van der Waals surface area contributed by atoms with Crippen molar-refractivity contribution in [3.05, 3.63) is 41.5 Å². The van der Waals surface area contributed by atoms with Crippen LogP contribution in [0.3, 0.4) is 0 Å². The molecule has 0 heterocycles. The molecular formula is C18H24O3. The van der Waals surface area contributed by atoms with Crippen molar-refractivity contribution < 1.29 is 14.6 Å². The van der Waals surface area contributed by atoms with Gasteiger partial charge in [-0.1, -0.05) is 30.2 Å². The average Bonchev–Trinajstić information content (AvgIpc) is 2.50. The summed E-state index contributed by atoms with van der Waals surface area (Å²) in [5.74, 6) is 0.539. The molecule has 114 valence electrons. The lowest BCUT2D eigenvalue weighted by Crippen LogP contribution is -2.17. The van der Waals surface area contributed by atoms with Gasteiger partial charge in [0.25, 0.3) is 0 Å². The Hall–Kier alpha value is -1.77. The minimum atomic E-state index is -0.0972. The lowest BCUT2D eigenvalue weighted by Gasteiger charge is -2.24. The Labute approximate surface area is 126 Å². The molecule has 1 N–H and O–H groups in total. The molecule has 1 aliphatic rings. The van der Waals surface area contributed by atoms with Gasteiger partial charge in [-0.15, -0.1) is 0 Å². The molecule has 3 nitrogen and oxygen atoms in total. The Bertz CT molecular complexity index is 488. The summed E-state index contributed by atoms with van der Waals surface area (Å²) < 4.78 is 5.34. The molecule has 1 atom stereocenters. The van der Waals surface area contributed by atoms with E-state index in [4.69, 9.17) is 4.74 Å². The first-order valence-corrected chi connectivity index (χ1v) is 7.77. The van der Waals surface area contributed by atoms with Gasteiger partial charge in [0.1, 0.15) is 5.75 Å². The fourth-order valence-electron chi connectivity index (χ4n) is 2.93. The van der Waals surface area contributed by atoms with Gasteiger partial charge in [0.05, 0.1) is 13.0 Å².